The number of para-hydroxylation sites is 1. The van der Waals surface area contributed by atoms with E-state index < -0.39 is 6.61 Å². The Kier molecular flexibility index (Phi) is 6.76. The summed E-state index contributed by atoms with van der Waals surface area (Å²) in [5.74, 6) is -0.145. The van der Waals surface area contributed by atoms with E-state index in [-0.39, 0.29) is 17.4 Å². The summed E-state index contributed by atoms with van der Waals surface area (Å²) in [6.07, 6.45) is 1.59. The minimum atomic E-state index is -2.94. The lowest BCUT2D eigenvalue weighted by Gasteiger charge is -2.08. The van der Waals surface area contributed by atoms with Crippen LogP contribution >= 0.6 is 23.1 Å². The molecular weight excluding hydrogens is 456 g/mol. The van der Waals surface area contributed by atoms with Crippen molar-refractivity contribution in [2.75, 3.05) is 11.1 Å². The number of hydrogen-bond acceptors (Lipinski definition) is 7. The Morgan fingerprint density at radius 2 is 2.00 bits per heavy atom. The first-order valence-electron chi connectivity index (χ1n) is 9.39. The second-order valence-electron chi connectivity index (χ2n) is 6.57. The van der Waals surface area contributed by atoms with Crippen LogP contribution in [0, 0.1) is 6.92 Å². The number of thiazole rings is 1. The third-order valence-corrected chi connectivity index (χ3v) is 5.99. The first-order valence-corrected chi connectivity index (χ1v) is 11.3. The molecule has 32 heavy (non-hydrogen) atoms. The van der Waals surface area contributed by atoms with Gasteiger partial charge in [-0.1, -0.05) is 41.6 Å². The average Bonchev–Trinajstić information content (AvgIpc) is 3.42. The van der Waals surface area contributed by atoms with Crippen LogP contribution in [-0.4, -0.2) is 38.0 Å². The Bertz CT molecular complexity index is 1210. The topological polar surface area (TPSA) is 81.9 Å². The molecule has 2 aromatic carbocycles. The largest absolute Gasteiger partial charge is 0.434 e. The van der Waals surface area contributed by atoms with Gasteiger partial charge in [-0.25, -0.2) is 4.98 Å². The first kappa shape index (κ1) is 21.9. The standard InChI is InChI=1S/C21H17F2N5O2S2/c1-13-6-8-14(9-7-13)28-12-24-27-21(28)32-11-18(29)26-20-25-16(10-31-20)15-4-2-3-5-17(15)30-19(22)23/h2-10,12,19H,11H2,1H3,(H,25,26,29). The van der Waals surface area contributed by atoms with E-state index in [0.29, 0.717) is 21.5 Å². The van der Waals surface area contributed by atoms with Crippen molar-refractivity contribution in [3.8, 4) is 22.7 Å². The zero-order valence-corrected chi connectivity index (χ0v) is 18.4. The molecule has 4 aromatic rings. The number of halogens is 2. The zero-order valence-electron chi connectivity index (χ0n) is 16.7. The molecular formula is C21H17F2N5O2S2. The van der Waals surface area contributed by atoms with E-state index in [9.17, 15) is 13.6 Å². The number of benzene rings is 2. The molecule has 7 nitrogen and oxygen atoms in total. The number of nitrogens with zero attached hydrogens (tertiary/aromatic N) is 4. The van der Waals surface area contributed by atoms with Gasteiger partial charge in [0, 0.05) is 16.6 Å². The monoisotopic (exact) mass is 473 g/mol. The van der Waals surface area contributed by atoms with Gasteiger partial charge < -0.3 is 10.1 Å². The summed E-state index contributed by atoms with van der Waals surface area (Å²) in [6.45, 7) is -0.933. The molecule has 2 aromatic heterocycles. The van der Waals surface area contributed by atoms with E-state index in [1.165, 1.54) is 29.2 Å². The highest BCUT2D eigenvalue weighted by molar-refractivity contribution is 7.99. The van der Waals surface area contributed by atoms with Crippen LogP contribution in [0.3, 0.4) is 0 Å². The van der Waals surface area contributed by atoms with Crippen LogP contribution in [0.2, 0.25) is 0 Å². The van der Waals surface area contributed by atoms with Crippen molar-refractivity contribution in [2.24, 2.45) is 0 Å². The maximum absolute atomic E-state index is 12.6. The zero-order chi connectivity index (χ0) is 22.5. The summed E-state index contributed by atoms with van der Waals surface area (Å²) in [7, 11) is 0. The van der Waals surface area contributed by atoms with Gasteiger partial charge in [0.25, 0.3) is 0 Å². The lowest BCUT2D eigenvalue weighted by Crippen LogP contribution is -2.14. The Morgan fingerprint density at radius 3 is 2.78 bits per heavy atom. The smallest absolute Gasteiger partial charge is 0.387 e. The number of aryl methyl sites for hydroxylation is 1. The third kappa shape index (κ3) is 5.29. The summed E-state index contributed by atoms with van der Waals surface area (Å²) in [5, 5.41) is 13.3. The second-order valence-corrected chi connectivity index (χ2v) is 8.37. The molecule has 0 fully saturated rings. The molecule has 0 saturated heterocycles. The molecule has 0 radical (unpaired) electrons. The molecule has 164 valence electrons. The molecule has 0 bridgehead atoms. The number of thioether (sulfide) groups is 1. The fraction of sp³-hybridized carbons (Fsp3) is 0.143. The molecule has 0 aliphatic heterocycles. The molecule has 0 saturated carbocycles. The van der Waals surface area contributed by atoms with Crippen molar-refractivity contribution in [2.45, 2.75) is 18.7 Å². The first-order chi connectivity index (χ1) is 15.5. The molecule has 4 rings (SSSR count). The molecule has 0 atom stereocenters. The maximum Gasteiger partial charge on any atom is 0.387 e. The highest BCUT2D eigenvalue weighted by Gasteiger charge is 2.15. The van der Waals surface area contributed by atoms with Crippen molar-refractivity contribution in [1.82, 2.24) is 19.7 Å². The normalized spacial score (nSPS) is 11.0. The van der Waals surface area contributed by atoms with Crippen LogP contribution in [-0.2, 0) is 4.79 Å². The summed E-state index contributed by atoms with van der Waals surface area (Å²) in [4.78, 5) is 16.7. The molecule has 0 unspecified atom stereocenters. The van der Waals surface area contributed by atoms with E-state index >= 15 is 0 Å². The summed E-state index contributed by atoms with van der Waals surface area (Å²) in [5.41, 5.74) is 2.90. The summed E-state index contributed by atoms with van der Waals surface area (Å²) >= 11 is 2.44. The van der Waals surface area contributed by atoms with Gasteiger partial charge in [0.2, 0.25) is 5.91 Å². The highest BCUT2D eigenvalue weighted by Crippen LogP contribution is 2.33. The number of anilines is 1. The van der Waals surface area contributed by atoms with Crippen LogP contribution < -0.4 is 10.1 Å². The van der Waals surface area contributed by atoms with Gasteiger partial charge in [0.05, 0.1) is 11.4 Å². The van der Waals surface area contributed by atoms with E-state index in [0.717, 1.165) is 11.3 Å². The molecule has 1 amide bonds. The van der Waals surface area contributed by atoms with Crippen molar-refractivity contribution >= 4 is 34.1 Å². The molecule has 11 heteroatoms. The number of carbonyl (C=O) groups excluding carboxylic acids is 1. The van der Waals surface area contributed by atoms with Crippen LogP contribution in [0.25, 0.3) is 16.9 Å². The summed E-state index contributed by atoms with van der Waals surface area (Å²) < 4.78 is 31.6. The SMILES string of the molecule is Cc1ccc(-n2cnnc2SCC(=O)Nc2nc(-c3ccccc3OC(F)F)cs2)cc1. The second kappa shape index (κ2) is 9.88. The van der Waals surface area contributed by atoms with Crippen LogP contribution in [0.1, 0.15) is 5.56 Å². The predicted molar refractivity (Wildman–Crippen MR) is 120 cm³/mol. The van der Waals surface area contributed by atoms with Crippen molar-refractivity contribution in [1.29, 1.82) is 0 Å². The van der Waals surface area contributed by atoms with Crippen molar-refractivity contribution < 1.29 is 18.3 Å². The van der Waals surface area contributed by atoms with Crippen LogP contribution in [0.15, 0.2) is 65.4 Å². The molecule has 0 aliphatic carbocycles. The fourth-order valence-electron chi connectivity index (χ4n) is 2.82. The summed E-state index contributed by atoms with van der Waals surface area (Å²) in [6, 6.07) is 14.3. The van der Waals surface area contributed by atoms with Crippen molar-refractivity contribution in [3.63, 3.8) is 0 Å². The molecule has 0 spiro atoms. The number of carbonyl (C=O) groups is 1. The van der Waals surface area contributed by atoms with E-state index in [1.54, 1.807) is 34.5 Å². The fourth-order valence-corrected chi connectivity index (χ4v) is 4.28. The van der Waals surface area contributed by atoms with Gasteiger partial charge in [-0.2, -0.15) is 8.78 Å². The van der Waals surface area contributed by atoms with Gasteiger partial charge in [0.15, 0.2) is 10.3 Å². The minimum Gasteiger partial charge on any atom is -0.434 e. The Balaban J connectivity index is 1.39. The highest BCUT2D eigenvalue weighted by atomic mass is 32.2. The predicted octanol–water partition coefficient (Wildman–Crippen LogP) is 5.03. The molecule has 2 heterocycles. The lowest BCUT2D eigenvalue weighted by atomic mass is 10.1. The Hall–Kier alpha value is -3.31. The average molecular weight is 474 g/mol. The lowest BCUT2D eigenvalue weighted by molar-refractivity contribution is -0.113. The van der Waals surface area contributed by atoms with E-state index in [4.69, 9.17) is 0 Å². The minimum absolute atomic E-state index is 0.0247. The number of alkyl halides is 2. The number of amides is 1. The van der Waals surface area contributed by atoms with E-state index in [2.05, 4.69) is 25.2 Å². The number of hydrogen-bond donors (Lipinski definition) is 1. The third-order valence-electron chi connectivity index (χ3n) is 4.29. The van der Waals surface area contributed by atoms with Gasteiger partial charge >= 0.3 is 6.61 Å². The Labute approximate surface area is 190 Å². The van der Waals surface area contributed by atoms with Gasteiger partial charge in [-0.15, -0.1) is 21.5 Å². The van der Waals surface area contributed by atoms with Gasteiger partial charge in [-0.3, -0.25) is 9.36 Å². The van der Waals surface area contributed by atoms with Crippen LogP contribution in [0.5, 0.6) is 5.75 Å². The number of ether oxygens (including phenoxy) is 1. The van der Waals surface area contributed by atoms with Crippen molar-refractivity contribution in [3.05, 3.63) is 65.8 Å². The number of rotatable bonds is 8. The number of nitrogens with one attached hydrogen (secondary N) is 1. The van der Waals surface area contributed by atoms with Crippen LogP contribution in [0.4, 0.5) is 13.9 Å². The van der Waals surface area contributed by atoms with Gasteiger partial charge in [0.1, 0.15) is 12.1 Å². The quantitative estimate of drug-likeness (QED) is 0.362. The van der Waals surface area contributed by atoms with E-state index in [1.807, 2.05) is 31.2 Å². The number of aromatic nitrogens is 4. The maximum atomic E-state index is 12.6. The van der Waals surface area contributed by atoms with Gasteiger partial charge in [-0.05, 0) is 31.2 Å². The molecule has 0 aliphatic rings. The molecule has 1 N–H and O–H groups in total. The Morgan fingerprint density at radius 1 is 1.22 bits per heavy atom.